The Labute approximate surface area is 124 Å². The quantitative estimate of drug-likeness (QED) is 0.618. The van der Waals surface area contributed by atoms with Gasteiger partial charge in [0.05, 0.1) is 12.7 Å². The first kappa shape index (κ1) is 17.2. The Morgan fingerprint density at radius 1 is 1.29 bits per heavy atom. The van der Waals surface area contributed by atoms with Crippen LogP contribution in [-0.2, 0) is 19.7 Å². The highest BCUT2D eigenvalue weighted by molar-refractivity contribution is 6.06. The molecule has 1 rings (SSSR count). The van der Waals surface area contributed by atoms with Gasteiger partial charge in [-0.3, -0.25) is 9.59 Å². The minimum Gasteiger partial charge on any atom is -0.480 e. The summed E-state index contributed by atoms with van der Waals surface area (Å²) < 4.78 is 5.02. The van der Waals surface area contributed by atoms with Crippen molar-refractivity contribution in [1.29, 1.82) is 0 Å². The van der Waals surface area contributed by atoms with Crippen LogP contribution in [0, 0.1) is 12.8 Å². The van der Waals surface area contributed by atoms with Crippen LogP contribution in [0.3, 0.4) is 0 Å². The maximum absolute atomic E-state index is 12.5. The van der Waals surface area contributed by atoms with Gasteiger partial charge < -0.3 is 14.9 Å². The predicted molar refractivity (Wildman–Crippen MR) is 78.0 cm³/mol. The Kier molecular flexibility index (Phi) is 5.49. The number of hydrogen-bond acceptors (Lipinski definition) is 4. The molecule has 21 heavy (non-hydrogen) atoms. The molecule has 0 aromatic heterocycles. The Morgan fingerprint density at radius 3 is 2.29 bits per heavy atom. The zero-order valence-corrected chi connectivity index (χ0v) is 12.8. The molecule has 0 spiro atoms. The van der Waals surface area contributed by atoms with E-state index in [0.29, 0.717) is 11.1 Å². The van der Waals surface area contributed by atoms with Crippen molar-refractivity contribution in [2.45, 2.75) is 39.2 Å². The zero-order chi connectivity index (χ0) is 16.2. The summed E-state index contributed by atoms with van der Waals surface area (Å²) in [7, 11) is 0. The van der Waals surface area contributed by atoms with Crippen LogP contribution < -0.4 is 0 Å². The van der Waals surface area contributed by atoms with E-state index in [9.17, 15) is 19.8 Å². The summed E-state index contributed by atoms with van der Waals surface area (Å²) in [4.78, 5) is 24.5. The highest BCUT2D eigenvalue weighted by atomic mass is 16.5. The number of carbonyl (C=O) groups excluding carboxylic acids is 1. The van der Waals surface area contributed by atoms with E-state index in [2.05, 4.69) is 0 Å². The van der Waals surface area contributed by atoms with Gasteiger partial charge in [-0.1, -0.05) is 31.2 Å². The normalized spacial score (nSPS) is 16.6. The van der Waals surface area contributed by atoms with Crippen molar-refractivity contribution in [2.24, 2.45) is 5.92 Å². The monoisotopic (exact) mass is 294 g/mol. The summed E-state index contributed by atoms with van der Waals surface area (Å²) in [5.74, 6) is -3.00. The minimum atomic E-state index is -1.92. The lowest BCUT2D eigenvalue weighted by Gasteiger charge is -2.35. The molecule has 0 amide bonds. The topological polar surface area (TPSA) is 83.8 Å². The lowest BCUT2D eigenvalue weighted by Crippen LogP contribution is -2.53. The van der Waals surface area contributed by atoms with Gasteiger partial charge in [0.1, 0.15) is 0 Å². The standard InChI is InChI=1S/C16H22O5/c1-5-21-15(20)16(14(18)19,11(3)12(4)17)13-9-7-6-8-10(13)2/h6-9,11-12,17H,5H2,1-4H3,(H,18,19). The molecule has 1 aromatic carbocycles. The molecule has 116 valence electrons. The van der Waals surface area contributed by atoms with Crippen molar-refractivity contribution in [3.05, 3.63) is 35.4 Å². The number of aryl methyl sites for hydroxylation is 1. The van der Waals surface area contributed by atoms with Crippen molar-refractivity contribution in [1.82, 2.24) is 0 Å². The number of aliphatic hydroxyl groups excluding tert-OH is 1. The highest BCUT2D eigenvalue weighted by Crippen LogP contribution is 2.38. The molecule has 0 aliphatic heterocycles. The van der Waals surface area contributed by atoms with Gasteiger partial charge in [-0.15, -0.1) is 0 Å². The molecule has 0 radical (unpaired) electrons. The summed E-state index contributed by atoms with van der Waals surface area (Å²) in [5, 5.41) is 19.7. The second-order valence-electron chi connectivity index (χ2n) is 5.18. The van der Waals surface area contributed by atoms with Crippen molar-refractivity contribution < 1.29 is 24.5 Å². The molecule has 3 unspecified atom stereocenters. The second kappa shape index (κ2) is 6.72. The molecule has 0 fully saturated rings. The first-order valence-electron chi connectivity index (χ1n) is 6.94. The van der Waals surface area contributed by atoms with Crippen LogP contribution in [-0.4, -0.2) is 34.9 Å². The van der Waals surface area contributed by atoms with E-state index in [0.717, 1.165) is 0 Å². The number of esters is 1. The molecule has 2 N–H and O–H groups in total. The smallest absolute Gasteiger partial charge is 0.328 e. The highest BCUT2D eigenvalue weighted by Gasteiger charge is 2.55. The lowest BCUT2D eigenvalue weighted by atomic mass is 9.67. The van der Waals surface area contributed by atoms with Gasteiger partial charge in [0.2, 0.25) is 0 Å². The third-order valence-corrected chi connectivity index (χ3v) is 3.91. The molecule has 0 bridgehead atoms. The molecule has 5 heteroatoms. The van der Waals surface area contributed by atoms with Crippen LogP contribution in [0.25, 0.3) is 0 Å². The van der Waals surface area contributed by atoms with E-state index < -0.39 is 29.4 Å². The lowest BCUT2D eigenvalue weighted by molar-refractivity contribution is -0.167. The van der Waals surface area contributed by atoms with E-state index in [-0.39, 0.29) is 6.61 Å². The van der Waals surface area contributed by atoms with Crippen molar-refractivity contribution in [2.75, 3.05) is 6.61 Å². The Bertz CT molecular complexity index is 523. The van der Waals surface area contributed by atoms with E-state index in [1.54, 1.807) is 45.0 Å². The van der Waals surface area contributed by atoms with Crippen molar-refractivity contribution >= 4 is 11.9 Å². The molecule has 5 nitrogen and oxygen atoms in total. The molecule has 3 atom stereocenters. The predicted octanol–water partition coefficient (Wildman–Crippen LogP) is 1.90. The number of carboxylic acid groups (broad SMARTS) is 1. The van der Waals surface area contributed by atoms with E-state index in [1.807, 2.05) is 0 Å². The maximum Gasteiger partial charge on any atom is 0.328 e. The van der Waals surface area contributed by atoms with Crippen LogP contribution >= 0.6 is 0 Å². The maximum atomic E-state index is 12.5. The van der Waals surface area contributed by atoms with Crippen LogP contribution in [0.15, 0.2) is 24.3 Å². The van der Waals surface area contributed by atoms with Crippen molar-refractivity contribution in [3.8, 4) is 0 Å². The number of carbonyl (C=O) groups is 2. The molecule has 1 aromatic rings. The van der Waals surface area contributed by atoms with Gasteiger partial charge in [-0.25, -0.2) is 0 Å². The van der Waals surface area contributed by atoms with Gasteiger partial charge in [0.25, 0.3) is 0 Å². The average molecular weight is 294 g/mol. The number of hydrogen-bond donors (Lipinski definition) is 2. The molecule has 0 aliphatic carbocycles. The van der Waals surface area contributed by atoms with Gasteiger partial charge in [-0.05, 0) is 31.9 Å². The first-order chi connectivity index (χ1) is 9.79. The first-order valence-corrected chi connectivity index (χ1v) is 6.94. The van der Waals surface area contributed by atoms with Gasteiger partial charge in [0, 0.05) is 5.92 Å². The van der Waals surface area contributed by atoms with Gasteiger partial charge in [0.15, 0.2) is 5.41 Å². The molecule has 0 aliphatic rings. The third-order valence-electron chi connectivity index (χ3n) is 3.91. The Hall–Kier alpha value is -1.88. The molecular weight excluding hydrogens is 272 g/mol. The fourth-order valence-corrected chi connectivity index (χ4v) is 2.56. The number of aliphatic carboxylic acids is 1. The van der Waals surface area contributed by atoms with Crippen LogP contribution in [0.5, 0.6) is 0 Å². The summed E-state index contributed by atoms with van der Waals surface area (Å²) in [5.41, 5.74) is -0.903. The third kappa shape index (κ3) is 2.93. The largest absolute Gasteiger partial charge is 0.480 e. The number of carboxylic acids is 1. The van der Waals surface area contributed by atoms with Crippen LogP contribution in [0.2, 0.25) is 0 Å². The SMILES string of the molecule is CCOC(=O)C(C(=O)O)(c1ccccc1C)C(C)C(C)O. The summed E-state index contributed by atoms with van der Waals surface area (Å²) >= 11 is 0. The van der Waals surface area contributed by atoms with Crippen LogP contribution in [0.1, 0.15) is 31.9 Å². The van der Waals surface area contributed by atoms with E-state index >= 15 is 0 Å². The number of ether oxygens (including phenoxy) is 1. The molecule has 0 saturated heterocycles. The average Bonchev–Trinajstić information content (AvgIpc) is 2.41. The van der Waals surface area contributed by atoms with Gasteiger partial charge in [-0.2, -0.15) is 0 Å². The zero-order valence-electron chi connectivity index (χ0n) is 12.8. The molecular formula is C16H22O5. The minimum absolute atomic E-state index is 0.0757. The molecule has 0 heterocycles. The fraction of sp³-hybridized carbons (Fsp3) is 0.500. The van der Waals surface area contributed by atoms with E-state index in [1.165, 1.54) is 6.92 Å². The fourth-order valence-electron chi connectivity index (χ4n) is 2.56. The second-order valence-corrected chi connectivity index (χ2v) is 5.18. The number of aliphatic hydroxyl groups is 1. The number of benzene rings is 1. The summed E-state index contributed by atoms with van der Waals surface area (Å²) in [6, 6.07) is 6.78. The summed E-state index contributed by atoms with van der Waals surface area (Å²) in [6.07, 6.45) is -0.981. The number of rotatable bonds is 6. The van der Waals surface area contributed by atoms with Crippen LogP contribution in [0.4, 0.5) is 0 Å². The molecule has 0 saturated carbocycles. The summed E-state index contributed by atoms with van der Waals surface area (Å²) in [6.45, 7) is 6.45. The Balaban J connectivity index is 3.64. The van der Waals surface area contributed by atoms with E-state index in [4.69, 9.17) is 4.74 Å². The van der Waals surface area contributed by atoms with Crippen molar-refractivity contribution in [3.63, 3.8) is 0 Å². The Morgan fingerprint density at radius 2 is 1.86 bits per heavy atom. The van der Waals surface area contributed by atoms with Gasteiger partial charge >= 0.3 is 11.9 Å².